The van der Waals surface area contributed by atoms with Crippen LogP contribution in [0, 0.1) is 18.8 Å². The SMILES string of the molecule is COC(=O)CC/C(C)=C/Cc1c(OC)c(C)c2c(c1OCC#CCN1CCN(c3ccc(O)cc3)CC1)C(=O)OC2. The Morgan fingerprint density at radius 3 is 2.49 bits per heavy atom. The van der Waals surface area contributed by atoms with Crippen molar-refractivity contribution < 1.29 is 33.6 Å². The molecule has 2 aliphatic heterocycles. The molecular formula is C32H38N2O7. The fourth-order valence-corrected chi connectivity index (χ4v) is 5.10. The van der Waals surface area contributed by atoms with Crippen LogP contribution in [0.1, 0.15) is 46.8 Å². The van der Waals surface area contributed by atoms with Crippen LogP contribution < -0.4 is 14.4 Å². The Kier molecular flexibility index (Phi) is 10.1. The number of phenols is 1. The second-order valence-electron chi connectivity index (χ2n) is 10.1. The molecule has 0 amide bonds. The van der Waals surface area contributed by atoms with Gasteiger partial charge in [0, 0.05) is 49.4 Å². The molecule has 0 radical (unpaired) electrons. The fraction of sp³-hybridized carbons (Fsp3) is 0.438. The molecule has 0 atom stereocenters. The summed E-state index contributed by atoms with van der Waals surface area (Å²) in [4.78, 5) is 28.8. The number of aromatic hydroxyl groups is 1. The number of nitrogens with zero attached hydrogens (tertiary/aromatic N) is 2. The number of carbonyl (C=O) groups excluding carboxylic acids is 2. The smallest absolute Gasteiger partial charge is 0.342 e. The van der Waals surface area contributed by atoms with E-state index in [-0.39, 0.29) is 24.9 Å². The predicted octanol–water partition coefficient (Wildman–Crippen LogP) is 4.03. The summed E-state index contributed by atoms with van der Waals surface area (Å²) in [5.41, 5.74) is 4.95. The highest BCUT2D eigenvalue weighted by Gasteiger charge is 2.33. The molecule has 0 saturated carbocycles. The average molecular weight is 563 g/mol. The molecule has 2 heterocycles. The van der Waals surface area contributed by atoms with Gasteiger partial charge in [-0.2, -0.15) is 0 Å². The molecule has 41 heavy (non-hydrogen) atoms. The number of ether oxygens (including phenoxy) is 4. The second-order valence-corrected chi connectivity index (χ2v) is 10.1. The lowest BCUT2D eigenvalue weighted by atomic mass is 9.94. The Labute approximate surface area is 241 Å². The van der Waals surface area contributed by atoms with Crippen LogP contribution in [0.2, 0.25) is 0 Å². The summed E-state index contributed by atoms with van der Waals surface area (Å²) < 4.78 is 22.0. The first-order chi connectivity index (χ1) is 19.8. The minimum absolute atomic E-state index is 0.122. The zero-order valence-corrected chi connectivity index (χ0v) is 24.2. The van der Waals surface area contributed by atoms with Crippen molar-refractivity contribution in [1.82, 2.24) is 4.90 Å². The van der Waals surface area contributed by atoms with Gasteiger partial charge in [-0.3, -0.25) is 9.69 Å². The van der Waals surface area contributed by atoms with Gasteiger partial charge >= 0.3 is 11.9 Å². The molecule has 9 heteroatoms. The third kappa shape index (κ3) is 7.33. The minimum atomic E-state index is -0.409. The van der Waals surface area contributed by atoms with Crippen molar-refractivity contribution in [3.63, 3.8) is 0 Å². The molecule has 0 aromatic heterocycles. The maximum Gasteiger partial charge on any atom is 0.342 e. The van der Waals surface area contributed by atoms with Gasteiger partial charge in [0.1, 0.15) is 36.0 Å². The van der Waals surface area contributed by atoms with E-state index in [1.165, 1.54) is 7.11 Å². The van der Waals surface area contributed by atoms with E-state index in [2.05, 4.69) is 21.6 Å². The van der Waals surface area contributed by atoms with Crippen LogP contribution in [0.3, 0.4) is 0 Å². The quantitative estimate of drug-likeness (QED) is 0.262. The van der Waals surface area contributed by atoms with Crippen LogP contribution in [0.25, 0.3) is 0 Å². The standard InChI is InChI=1S/C32H38N2O7/c1-22(8-14-28(36)38-3)7-13-26-30(39-4)23(2)27-21-41-32(37)29(27)31(26)40-20-6-5-15-33-16-18-34(19-17-33)24-9-11-25(35)12-10-24/h7,9-12,35H,8,13-21H2,1-4H3/b22-7+. The van der Waals surface area contributed by atoms with E-state index in [0.717, 1.165) is 54.1 Å². The molecule has 2 aliphatic rings. The summed E-state index contributed by atoms with van der Waals surface area (Å²) in [6.07, 6.45) is 3.36. The summed E-state index contributed by atoms with van der Waals surface area (Å²) in [5.74, 6) is 7.02. The van der Waals surface area contributed by atoms with Crippen LogP contribution >= 0.6 is 0 Å². The van der Waals surface area contributed by atoms with Gasteiger partial charge in [-0.1, -0.05) is 23.5 Å². The zero-order chi connectivity index (χ0) is 29.4. The molecular weight excluding hydrogens is 524 g/mol. The number of hydrogen-bond acceptors (Lipinski definition) is 9. The lowest BCUT2D eigenvalue weighted by molar-refractivity contribution is -0.140. The third-order valence-corrected chi connectivity index (χ3v) is 7.54. The van der Waals surface area contributed by atoms with Crippen molar-refractivity contribution in [2.45, 2.75) is 39.7 Å². The summed E-state index contributed by atoms with van der Waals surface area (Å²) in [6, 6.07) is 7.28. The highest BCUT2D eigenvalue weighted by atomic mass is 16.5. The summed E-state index contributed by atoms with van der Waals surface area (Å²) >= 11 is 0. The number of hydrogen-bond donors (Lipinski definition) is 1. The molecule has 218 valence electrons. The summed E-state index contributed by atoms with van der Waals surface area (Å²) in [7, 11) is 2.99. The van der Waals surface area contributed by atoms with Gasteiger partial charge in [0.15, 0.2) is 0 Å². The molecule has 1 N–H and O–H groups in total. The van der Waals surface area contributed by atoms with Crippen LogP contribution in [0.15, 0.2) is 35.9 Å². The van der Waals surface area contributed by atoms with Gasteiger partial charge in [-0.25, -0.2) is 4.79 Å². The maximum atomic E-state index is 12.7. The van der Waals surface area contributed by atoms with E-state index in [4.69, 9.17) is 18.9 Å². The van der Waals surface area contributed by atoms with E-state index in [1.54, 1.807) is 19.2 Å². The number of cyclic esters (lactones) is 1. The van der Waals surface area contributed by atoms with E-state index < -0.39 is 5.97 Å². The van der Waals surface area contributed by atoms with Crippen molar-refractivity contribution in [3.8, 4) is 29.1 Å². The monoisotopic (exact) mass is 562 g/mol. The molecule has 1 fully saturated rings. The van der Waals surface area contributed by atoms with E-state index in [1.807, 2.05) is 32.1 Å². The molecule has 2 aromatic carbocycles. The number of fused-ring (bicyclic) bond motifs is 1. The number of benzene rings is 2. The van der Waals surface area contributed by atoms with Gasteiger partial charge in [-0.05, 0) is 56.5 Å². The zero-order valence-electron chi connectivity index (χ0n) is 24.2. The van der Waals surface area contributed by atoms with E-state index >= 15 is 0 Å². The number of rotatable bonds is 10. The van der Waals surface area contributed by atoms with Gasteiger partial charge in [0.05, 0.1) is 20.8 Å². The Bertz CT molecular complexity index is 1350. The van der Waals surface area contributed by atoms with Crippen molar-refractivity contribution in [1.29, 1.82) is 0 Å². The fourth-order valence-electron chi connectivity index (χ4n) is 5.10. The highest BCUT2D eigenvalue weighted by molar-refractivity contribution is 5.98. The molecule has 9 nitrogen and oxygen atoms in total. The molecule has 0 unspecified atom stereocenters. The number of esters is 2. The van der Waals surface area contributed by atoms with Crippen molar-refractivity contribution in [2.75, 3.05) is 58.5 Å². The number of piperazine rings is 1. The Balaban J connectivity index is 1.42. The molecule has 2 aromatic rings. The molecule has 4 rings (SSSR count). The largest absolute Gasteiger partial charge is 0.508 e. The van der Waals surface area contributed by atoms with Crippen LogP contribution in [-0.4, -0.2) is 75.5 Å². The number of carbonyl (C=O) groups is 2. The van der Waals surface area contributed by atoms with Gasteiger partial charge in [0.25, 0.3) is 0 Å². The lowest BCUT2D eigenvalue weighted by Gasteiger charge is -2.35. The first kappa shape index (κ1) is 29.8. The Morgan fingerprint density at radius 1 is 1.07 bits per heavy atom. The first-order valence-electron chi connectivity index (χ1n) is 13.8. The predicted molar refractivity (Wildman–Crippen MR) is 156 cm³/mol. The maximum absolute atomic E-state index is 12.7. The minimum Gasteiger partial charge on any atom is -0.508 e. The van der Waals surface area contributed by atoms with Crippen molar-refractivity contribution in [2.24, 2.45) is 0 Å². The van der Waals surface area contributed by atoms with Gasteiger partial charge in [0.2, 0.25) is 0 Å². The topological polar surface area (TPSA) is 97.8 Å². The van der Waals surface area contributed by atoms with Crippen LogP contribution in [0.5, 0.6) is 17.2 Å². The van der Waals surface area contributed by atoms with Crippen molar-refractivity contribution in [3.05, 3.63) is 58.2 Å². The van der Waals surface area contributed by atoms with Gasteiger partial charge < -0.3 is 29.0 Å². The van der Waals surface area contributed by atoms with Crippen molar-refractivity contribution >= 4 is 17.6 Å². The first-order valence-corrected chi connectivity index (χ1v) is 13.8. The molecule has 1 saturated heterocycles. The highest BCUT2D eigenvalue weighted by Crippen LogP contribution is 2.43. The molecule has 0 aliphatic carbocycles. The van der Waals surface area contributed by atoms with E-state index in [9.17, 15) is 14.7 Å². The number of methoxy groups -OCH3 is 2. The number of allylic oxidation sites excluding steroid dienone is 2. The molecule has 0 spiro atoms. The normalized spacial score (nSPS) is 15.1. The Morgan fingerprint density at radius 2 is 1.80 bits per heavy atom. The van der Waals surface area contributed by atoms with E-state index in [0.29, 0.717) is 42.9 Å². The summed E-state index contributed by atoms with van der Waals surface area (Å²) in [6.45, 7) is 8.35. The van der Waals surface area contributed by atoms with Gasteiger partial charge in [-0.15, -0.1) is 0 Å². The summed E-state index contributed by atoms with van der Waals surface area (Å²) in [5, 5.41) is 9.52. The van der Waals surface area contributed by atoms with Crippen LogP contribution in [-0.2, 0) is 27.3 Å². The second kappa shape index (κ2) is 14.0. The molecule has 0 bridgehead atoms. The third-order valence-electron chi connectivity index (χ3n) is 7.54. The lowest BCUT2D eigenvalue weighted by Crippen LogP contribution is -2.46. The number of anilines is 1. The average Bonchev–Trinajstić information content (AvgIpc) is 3.38. The number of phenolic OH excluding ortho intramolecular Hbond substituents is 1. The Hall–Kier alpha value is -4.16. The van der Waals surface area contributed by atoms with Crippen LogP contribution in [0.4, 0.5) is 5.69 Å².